The van der Waals surface area contributed by atoms with Gasteiger partial charge in [-0.15, -0.1) is 0 Å². The summed E-state index contributed by atoms with van der Waals surface area (Å²) in [6.45, 7) is 5.29. The summed E-state index contributed by atoms with van der Waals surface area (Å²) in [5, 5.41) is 0. The van der Waals surface area contributed by atoms with Crippen LogP contribution in [0.4, 0.5) is 0 Å². The summed E-state index contributed by atoms with van der Waals surface area (Å²) >= 11 is 0. The standard InChI is InChI=1S/C25H28O6/c1-4-29-21(26)20-17-24(18-13-9-7-10-14-18,19-15-11-8-12-16-19)25(20,22(27)30-5-2)23(28)31-6-3/h7-16,20H,4-6,17H2,1-3H3. The van der Waals surface area contributed by atoms with Gasteiger partial charge in [-0.05, 0) is 38.3 Å². The number of carbonyl (C=O) groups is 3. The highest BCUT2D eigenvalue weighted by Crippen LogP contribution is 2.66. The molecule has 164 valence electrons. The number of benzene rings is 2. The largest absolute Gasteiger partial charge is 0.466 e. The van der Waals surface area contributed by atoms with Crippen molar-refractivity contribution in [2.24, 2.45) is 11.3 Å². The molecule has 0 radical (unpaired) electrons. The van der Waals surface area contributed by atoms with E-state index in [2.05, 4.69) is 0 Å². The van der Waals surface area contributed by atoms with Crippen molar-refractivity contribution in [1.29, 1.82) is 0 Å². The van der Waals surface area contributed by atoms with Gasteiger partial charge in [0.2, 0.25) is 0 Å². The second kappa shape index (κ2) is 9.33. The van der Waals surface area contributed by atoms with Gasteiger partial charge in [-0.25, -0.2) is 0 Å². The van der Waals surface area contributed by atoms with Crippen molar-refractivity contribution in [3.63, 3.8) is 0 Å². The predicted molar refractivity (Wildman–Crippen MR) is 114 cm³/mol. The first-order chi connectivity index (χ1) is 15.0. The fourth-order valence-electron chi connectivity index (χ4n) is 4.80. The Kier molecular flexibility index (Phi) is 6.78. The lowest BCUT2D eigenvalue weighted by molar-refractivity contribution is -0.206. The Labute approximate surface area is 182 Å². The van der Waals surface area contributed by atoms with E-state index < -0.39 is 34.7 Å². The van der Waals surface area contributed by atoms with Gasteiger partial charge in [-0.2, -0.15) is 0 Å². The average molecular weight is 424 g/mol. The van der Waals surface area contributed by atoms with E-state index in [1.54, 1.807) is 20.8 Å². The van der Waals surface area contributed by atoms with E-state index in [9.17, 15) is 14.4 Å². The summed E-state index contributed by atoms with van der Waals surface area (Å²) in [5.74, 6) is -3.17. The highest BCUT2D eigenvalue weighted by molar-refractivity contribution is 6.09. The van der Waals surface area contributed by atoms with Gasteiger partial charge in [0.15, 0.2) is 5.41 Å². The molecule has 1 unspecified atom stereocenters. The monoisotopic (exact) mass is 424 g/mol. The van der Waals surface area contributed by atoms with Crippen molar-refractivity contribution in [3.05, 3.63) is 71.8 Å². The number of hydrogen-bond donors (Lipinski definition) is 0. The highest BCUT2D eigenvalue weighted by Gasteiger charge is 2.79. The molecule has 31 heavy (non-hydrogen) atoms. The number of esters is 3. The molecular formula is C25H28O6. The molecular weight excluding hydrogens is 396 g/mol. The molecule has 1 atom stereocenters. The first kappa shape index (κ1) is 22.5. The van der Waals surface area contributed by atoms with Crippen LogP contribution in [-0.2, 0) is 34.0 Å². The van der Waals surface area contributed by atoms with E-state index in [1.807, 2.05) is 60.7 Å². The maximum atomic E-state index is 13.6. The number of hydrogen-bond acceptors (Lipinski definition) is 6. The third-order valence-corrected chi connectivity index (χ3v) is 6.01. The van der Waals surface area contributed by atoms with Crippen LogP contribution in [0.5, 0.6) is 0 Å². The van der Waals surface area contributed by atoms with Crippen molar-refractivity contribution < 1.29 is 28.6 Å². The van der Waals surface area contributed by atoms with Gasteiger partial charge in [0.05, 0.1) is 25.7 Å². The minimum Gasteiger partial charge on any atom is -0.466 e. The average Bonchev–Trinajstić information content (AvgIpc) is 2.76. The Morgan fingerprint density at radius 1 is 0.742 bits per heavy atom. The first-order valence-corrected chi connectivity index (χ1v) is 10.6. The maximum absolute atomic E-state index is 13.6. The molecule has 3 rings (SSSR count). The van der Waals surface area contributed by atoms with Crippen LogP contribution in [0.15, 0.2) is 60.7 Å². The molecule has 0 saturated heterocycles. The highest BCUT2D eigenvalue weighted by atomic mass is 16.6. The molecule has 0 heterocycles. The predicted octanol–water partition coefficient (Wildman–Crippen LogP) is 3.67. The summed E-state index contributed by atoms with van der Waals surface area (Å²) in [5.41, 5.74) is -1.55. The Hall–Kier alpha value is -3.15. The summed E-state index contributed by atoms with van der Waals surface area (Å²) in [6.07, 6.45) is 0.220. The zero-order valence-corrected chi connectivity index (χ0v) is 18.1. The minimum absolute atomic E-state index is 0.0647. The topological polar surface area (TPSA) is 78.9 Å². The van der Waals surface area contributed by atoms with Gasteiger partial charge >= 0.3 is 17.9 Å². The van der Waals surface area contributed by atoms with Gasteiger partial charge in [0.1, 0.15) is 0 Å². The maximum Gasteiger partial charge on any atom is 0.325 e. The van der Waals surface area contributed by atoms with Gasteiger partial charge in [-0.3, -0.25) is 14.4 Å². The summed E-state index contributed by atoms with van der Waals surface area (Å²) in [7, 11) is 0. The van der Waals surface area contributed by atoms with Crippen LogP contribution in [0.25, 0.3) is 0 Å². The van der Waals surface area contributed by atoms with Crippen molar-refractivity contribution in [2.75, 3.05) is 19.8 Å². The zero-order chi connectivity index (χ0) is 22.5. The molecule has 0 amide bonds. The lowest BCUT2D eigenvalue weighted by atomic mass is 9.39. The lowest BCUT2D eigenvalue weighted by Crippen LogP contribution is -2.72. The molecule has 1 aliphatic carbocycles. The van der Waals surface area contributed by atoms with Crippen LogP contribution in [0.3, 0.4) is 0 Å². The Bertz CT molecular complexity index is 864. The first-order valence-electron chi connectivity index (χ1n) is 10.6. The second-order valence-electron chi connectivity index (χ2n) is 7.40. The molecule has 2 aromatic carbocycles. The van der Waals surface area contributed by atoms with E-state index >= 15 is 0 Å². The van der Waals surface area contributed by atoms with Gasteiger partial charge < -0.3 is 14.2 Å². The number of carbonyl (C=O) groups excluding carboxylic acids is 3. The summed E-state index contributed by atoms with van der Waals surface area (Å²) < 4.78 is 16.1. The third kappa shape index (κ3) is 3.40. The molecule has 0 N–H and O–H groups in total. The Morgan fingerprint density at radius 2 is 1.16 bits per heavy atom. The van der Waals surface area contributed by atoms with Gasteiger partial charge in [0, 0.05) is 5.41 Å². The van der Waals surface area contributed by atoms with Crippen LogP contribution in [0, 0.1) is 11.3 Å². The minimum atomic E-state index is -1.89. The molecule has 0 aliphatic heterocycles. The molecule has 1 fully saturated rings. The van der Waals surface area contributed by atoms with Crippen LogP contribution in [-0.4, -0.2) is 37.7 Å². The molecule has 0 spiro atoms. The zero-order valence-electron chi connectivity index (χ0n) is 18.1. The summed E-state index contributed by atoms with van der Waals surface area (Å²) in [6, 6.07) is 18.6. The molecule has 2 aromatic rings. The van der Waals surface area contributed by atoms with Crippen LogP contribution < -0.4 is 0 Å². The smallest absolute Gasteiger partial charge is 0.325 e. The van der Waals surface area contributed by atoms with E-state index in [0.29, 0.717) is 0 Å². The number of ether oxygens (including phenoxy) is 3. The van der Waals surface area contributed by atoms with Gasteiger partial charge in [0.25, 0.3) is 0 Å². The van der Waals surface area contributed by atoms with Crippen molar-refractivity contribution in [3.8, 4) is 0 Å². The van der Waals surface area contributed by atoms with E-state index in [-0.39, 0.29) is 26.2 Å². The second-order valence-corrected chi connectivity index (χ2v) is 7.40. The molecule has 1 aliphatic rings. The van der Waals surface area contributed by atoms with Crippen LogP contribution in [0.2, 0.25) is 0 Å². The summed E-state index contributed by atoms with van der Waals surface area (Å²) in [4.78, 5) is 40.2. The van der Waals surface area contributed by atoms with E-state index in [4.69, 9.17) is 14.2 Å². The number of rotatable bonds is 8. The molecule has 1 saturated carbocycles. The van der Waals surface area contributed by atoms with Crippen molar-refractivity contribution in [2.45, 2.75) is 32.6 Å². The van der Waals surface area contributed by atoms with Crippen molar-refractivity contribution >= 4 is 17.9 Å². The van der Waals surface area contributed by atoms with Crippen LogP contribution in [0.1, 0.15) is 38.3 Å². The molecule has 0 bridgehead atoms. The van der Waals surface area contributed by atoms with E-state index in [1.165, 1.54) is 0 Å². The van der Waals surface area contributed by atoms with Gasteiger partial charge in [-0.1, -0.05) is 60.7 Å². The molecule has 6 heteroatoms. The normalized spacial score (nSPS) is 18.4. The fraction of sp³-hybridized carbons (Fsp3) is 0.400. The Morgan fingerprint density at radius 3 is 1.55 bits per heavy atom. The lowest BCUT2D eigenvalue weighted by Gasteiger charge is -2.59. The van der Waals surface area contributed by atoms with Crippen LogP contribution >= 0.6 is 0 Å². The van der Waals surface area contributed by atoms with E-state index in [0.717, 1.165) is 11.1 Å². The Balaban J connectivity index is 2.35. The quantitative estimate of drug-likeness (QED) is 0.366. The fourth-order valence-corrected chi connectivity index (χ4v) is 4.80. The molecule has 6 nitrogen and oxygen atoms in total. The molecule has 0 aromatic heterocycles. The SMILES string of the molecule is CCOC(=O)C1CC(c2ccccc2)(c2ccccc2)C1(C(=O)OCC)C(=O)OCC. The van der Waals surface area contributed by atoms with Crippen molar-refractivity contribution in [1.82, 2.24) is 0 Å². The third-order valence-electron chi connectivity index (χ3n) is 6.01.